The Morgan fingerprint density at radius 1 is 1.04 bits per heavy atom. The summed E-state index contributed by atoms with van der Waals surface area (Å²) < 4.78 is 26.3. The molecule has 1 aromatic carbocycles. The van der Waals surface area contributed by atoms with Gasteiger partial charge in [-0.2, -0.15) is 0 Å². The maximum absolute atomic E-state index is 13.1. The molecule has 2 rings (SSSR count). The van der Waals surface area contributed by atoms with Crippen LogP contribution in [0, 0.1) is 12.8 Å². The minimum atomic E-state index is -3.73. The molecule has 2 amide bonds. The van der Waals surface area contributed by atoms with Crippen LogP contribution in [0.4, 0.5) is 0 Å². The Bertz CT molecular complexity index is 889. The molecule has 0 radical (unpaired) electrons. The van der Waals surface area contributed by atoms with Gasteiger partial charge in [0, 0.05) is 18.0 Å². The van der Waals surface area contributed by atoms with Crippen molar-refractivity contribution in [1.29, 1.82) is 0 Å². The quantitative estimate of drug-likeness (QED) is 0.640. The van der Waals surface area contributed by atoms with Crippen LogP contribution in [0.5, 0.6) is 0 Å². The Morgan fingerprint density at radius 3 is 2.25 bits per heavy atom. The first-order chi connectivity index (χ1) is 13.2. The number of rotatable bonds is 8. The normalized spacial score (nSPS) is 12.6. The lowest BCUT2D eigenvalue weighted by Gasteiger charge is -2.17. The number of aryl methyl sites for hydroxylation is 1. The van der Waals surface area contributed by atoms with Crippen LogP contribution >= 0.6 is 11.3 Å². The zero-order chi connectivity index (χ0) is 20.7. The lowest BCUT2D eigenvalue weighted by Crippen LogP contribution is -2.42. The minimum Gasteiger partial charge on any atom is -0.348 e. The summed E-state index contributed by atoms with van der Waals surface area (Å²) in [5.41, 5.74) is 0.956. The Morgan fingerprint density at radius 2 is 1.68 bits per heavy atom. The first kappa shape index (κ1) is 22.1. The van der Waals surface area contributed by atoms with E-state index in [-0.39, 0.29) is 11.4 Å². The van der Waals surface area contributed by atoms with Crippen LogP contribution in [0.25, 0.3) is 0 Å². The molecule has 0 saturated heterocycles. The third-order valence-electron chi connectivity index (χ3n) is 4.25. The molecule has 2 aromatic rings. The second-order valence-corrected chi connectivity index (χ2v) is 10.1. The van der Waals surface area contributed by atoms with Gasteiger partial charge >= 0.3 is 11.8 Å². The predicted molar refractivity (Wildman–Crippen MR) is 111 cm³/mol. The van der Waals surface area contributed by atoms with Crippen molar-refractivity contribution < 1.29 is 18.0 Å². The first-order valence-corrected chi connectivity index (χ1v) is 11.5. The molecule has 0 saturated carbocycles. The molecule has 0 fully saturated rings. The lowest BCUT2D eigenvalue weighted by atomic mass is 10.1. The van der Waals surface area contributed by atoms with Gasteiger partial charge in [0.2, 0.25) is 0 Å². The van der Waals surface area contributed by atoms with Gasteiger partial charge in [0.05, 0.1) is 4.90 Å². The summed E-state index contributed by atoms with van der Waals surface area (Å²) in [7, 11) is -3.73. The van der Waals surface area contributed by atoms with Gasteiger partial charge in [-0.3, -0.25) is 9.59 Å². The molecule has 28 heavy (non-hydrogen) atoms. The molecular weight excluding hydrogens is 396 g/mol. The van der Waals surface area contributed by atoms with Crippen molar-refractivity contribution >= 4 is 33.0 Å². The number of hydrogen-bond acceptors (Lipinski definition) is 5. The van der Waals surface area contributed by atoms with Gasteiger partial charge in [0.25, 0.3) is 0 Å². The van der Waals surface area contributed by atoms with E-state index in [2.05, 4.69) is 10.6 Å². The van der Waals surface area contributed by atoms with E-state index in [0.717, 1.165) is 12.0 Å². The highest BCUT2D eigenvalue weighted by Crippen LogP contribution is 2.31. The summed E-state index contributed by atoms with van der Waals surface area (Å²) in [4.78, 5) is 24.8. The molecule has 0 aliphatic rings. The second-order valence-electron chi connectivity index (χ2n) is 7.01. The van der Waals surface area contributed by atoms with Crippen molar-refractivity contribution in [3.8, 4) is 0 Å². The van der Waals surface area contributed by atoms with Crippen molar-refractivity contribution in [3.05, 3.63) is 52.2 Å². The molecule has 6 nitrogen and oxygen atoms in total. The first-order valence-electron chi connectivity index (χ1n) is 9.11. The van der Waals surface area contributed by atoms with Crippen LogP contribution in [0.1, 0.15) is 36.0 Å². The number of amides is 2. The van der Waals surface area contributed by atoms with E-state index in [9.17, 15) is 18.0 Å². The Kier molecular flexibility index (Phi) is 7.77. The molecule has 0 aliphatic heterocycles. The molecule has 2 N–H and O–H groups in total. The number of sulfone groups is 1. The maximum Gasteiger partial charge on any atom is 0.309 e. The molecule has 1 aromatic heterocycles. The number of thiophene rings is 1. The molecule has 152 valence electrons. The zero-order valence-electron chi connectivity index (χ0n) is 16.3. The number of carbonyl (C=O) groups is 2. The maximum atomic E-state index is 13.1. The highest BCUT2D eigenvalue weighted by atomic mass is 32.2. The highest BCUT2D eigenvalue weighted by Gasteiger charge is 2.31. The summed E-state index contributed by atoms with van der Waals surface area (Å²) in [6.07, 6.45) is 0.763. The van der Waals surface area contributed by atoms with Crippen molar-refractivity contribution in [2.75, 3.05) is 13.1 Å². The van der Waals surface area contributed by atoms with E-state index in [0.29, 0.717) is 17.3 Å². The predicted octanol–water partition coefficient (Wildman–Crippen LogP) is 2.85. The SMILES string of the molecule is Cc1ccc(S(=O)(=O)[C@@H](CNC(=O)C(=O)NCCC(C)C)c2cccs2)cc1. The summed E-state index contributed by atoms with van der Waals surface area (Å²) in [6, 6.07) is 10.1. The van der Waals surface area contributed by atoms with E-state index in [1.165, 1.54) is 11.3 Å². The number of nitrogens with one attached hydrogen (secondary N) is 2. The lowest BCUT2D eigenvalue weighted by molar-refractivity contribution is -0.139. The summed E-state index contributed by atoms with van der Waals surface area (Å²) >= 11 is 1.30. The zero-order valence-corrected chi connectivity index (χ0v) is 17.9. The van der Waals surface area contributed by atoms with Gasteiger partial charge in [-0.1, -0.05) is 37.6 Å². The van der Waals surface area contributed by atoms with E-state index in [4.69, 9.17) is 0 Å². The molecule has 0 spiro atoms. The van der Waals surface area contributed by atoms with Crippen LogP contribution in [0.3, 0.4) is 0 Å². The van der Waals surface area contributed by atoms with E-state index in [1.807, 2.05) is 20.8 Å². The Hall–Kier alpha value is -2.19. The fourth-order valence-corrected chi connectivity index (χ4v) is 5.33. The van der Waals surface area contributed by atoms with Crippen molar-refractivity contribution in [2.45, 2.75) is 37.3 Å². The van der Waals surface area contributed by atoms with Crippen molar-refractivity contribution in [3.63, 3.8) is 0 Å². The standard InChI is InChI=1S/C20H26N2O4S2/c1-14(2)10-11-21-19(23)20(24)22-13-18(17-5-4-12-27-17)28(25,26)16-8-6-15(3)7-9-16/h4-9,12,14,18H,10-11,13H2,1-3H3,(H,21,23)(H,22,24)/t18-/m0/s1. The molecular formula is C20H26N2O4S2. The van der Waals surface area contributed by atoms with Gasteiger partial charge < -0.3 is 10.6 Å². The van der Waals surface area contributed by atoms with E-state index in [1.54, 1.807) is 41.8 Å². The fraction of sp³-hybridized carbons (Fsp3) is 0.400. The fourth-order valence-electron chi connectivity index (χ4n) is 2.55. The van der Waals surface area contributed by atoms with Gasteiger partial charge in [-0.05, 0) is 42.8 Å². The Balaban J connectivity index is 2.11. The third kappa shape index (κ3) is 5.90. The second kappa shape index (κ2) is 9.84. The van der Waals surface area contributed by atoms with Crippen molar-refractivity contribution in [1.82, 2.24) is 10.6 Å². The van der Waals surface area contributed by atoms with Crippen LogP contribution < -0.4 is 10.6 Å². The largest absolute Gasteiger partial charge is 0.348 e. The highest BCUT2D eigenvalue weighted by molar-refractivity contribution is 7.91. The minimum absolute atomic E-state index is 0.173. The monoisotopic (exact) mass is 422 g/mol. The summed E-state index contributed by atoms with van der Waals surface area (Å²) in [5.74, 6) is -1.17. The molecule has 0 unspecified atom stereocenters. The molecule has 8 heteroatoms. The molecule has 0 bridgehead atoms. The summed E-state index contributed by atoms with van der Waals surface area (Å²) in [6.45, 7) is 6.15. The average molecular weight is 423 g/mol. The molecule has 1 atom stereocenters. The molecule has 0 aliphatic carbocycles. The van der Waals surface area contributed by atoms with Gasteiger partial charge in [-0.25, -0.2) is 8.42 Å². The number of carbonyl (C=O) groups excluding carboxylic acids is 2. The van der Waals surface area contributed by atoms with Crippen LogP contribution in [0.2, 0.25) is 0 Å². The van der Waals surface area contributed by atoms with E-state index >= 15 is 0 Å². The van der Waals surface area contributed by atoms with Crippen LogP contribution in [-0.4, -0.2) is 33.3 Å². The van der Waals surface area contributed by atoms with Gasteiger partial charge in [0.1, 0.15) is 5.25 Å². The van der Waals surface area contributed by atoms with Crippen LogP contribution in [-0.2, 0) is 19.4 Å². The van der Waals surface area contributed by atoms with Crippen LogP contribution in [0.15, 0.2) is 46.7 Å². The number of benzene rings is 1. The van der Waals surface area contributed by atoms with Crippen molar-refractivity contribution in [2.24, 2.45) is 5.92 Å². The topological polar surface area (TPSA) is 92.3 Å². The number of hydrogen-bond donors (Lipinski definition) is 2. The van der Waals surface area contributed by atoms with E-state index < -0.39 is 26.9 Å². The Labute approximate surface area is 170 Å². The molecule has 1 heterocycles. The average Bonchev–Trinajstić information content (AvgIpc) is 3.15. The van der Waals surface area contributed by atoms with Gasteiger partial charge in [-0.15, -0.1) is 11.3 Å². The summed E-state index contributed by atoms with van der Waals surface area (Å²) in [5, 5.41) is 5.85. The van der Waals surface area contributed by atoms with Gasteiger partial charge in [0.15, 0.2) is 9.84 Å². The smallest absolute Gasteiger partial charge is 0.309 e. The third-order valence-corrected chi connectivity index (χ3v) is 7.48.